The van der Waals surface area contributed by atoms with Crippen molar-refractivity contribution < 1.29 is 76.3 Å². The third-order valence-electron chi connectivity index (χ3n) is 14.2. The van der Waals surface area contributed by atoms with E-state index in [4.69, 9.17) is 37.9 Å². The lowest BCUT2D eigenvalue weighted by atomic mass is 9.95. The number of hydrogen-bond donors (Lipinski definition) is 2. The van der Waals surface area contributed by atoms with Gasteiger partial charge in [0.25, 0.3) is 5.91 Å². The number of unbranched alkanes of at least 4 members (excludes halogenated alkanes) is 26. The van der Waals surface area contributed by atoms with Crippen LogP contribution in [0.1, 0.15) is 268 Å². The zero-order valence-corrected chi connectivity index (χ0v) is 50.6. The number of nitrogens with one attached hydrogen (secondary N) is 2. The van der Waals surface area contributed by atoms with Gasteiger partial charge in [-0.15, -0.1) is 0 Å². The van der Waals surface area contributed by atoms with Gasteiger partial charge in [0.1, 0.15) is 24.9 Å². The van der Waals surface area contributed by atoms with Crippen LogP contribution in [0.2, 0.25) is 0 Å². The average Bonchev–Trinajstić information content (AvgIpc) is 3.44. The molecule has 4 unspecified atom stereocenters. The summed E-state index contributed by atoms with van der Waals surface area (Å²) in [5, 5.41) is 5.55. The minimum absolute atomic E-state index is 0.192. The van der Waals surface area contributed by atoms with Gasteiger partial charge in [0.05, 0.1) is 12.6 Å². The summed E-state index contributed by atoms with van der Waals surface area (Å²) in [7, 11) is 0. The highest BCUT2D eigenvalue weighted by atomic mass is 16.7. The smallest absolute Gasteiger partial charge is 0.303 e. The predicted molar refractivity (Wildman–Crippen MR) is 302 cm³/mol. The second-order valence-electron chi connectivity index (χ2n) is 22.3. The monoisotopic (exact) mass is 1120 g/mol. The van der Waals surface area contributed by atoms with Crippen LogP contribution in [0.4, 0.5) is 0 Å². The molecular weight excluding hydrogens is 1020 g/mol. The molecule has 1 rings (SSSR count). The van der Waals surface area contributed by atoms with Gasteiger partial charge in [-0.3, -0.25) is 38.4 Å². The van der Waals surface area contributed by atoms with Gasteiger partial charge in [-0.05, 0) is 31.6 Å². The molecule has 1 aliphatic heterocycles. The Morgan fingerprint density at radius 3 is 1.29 bits per heavy atom. The van der Waals surface area contributed by atoms with Crippen molar-refractivity contribution in [3.05, 3.63) is 0 Å². The Morgan fingerprint density at radius 1 is 0.468 bits per heavy atom. The van der Waals surface area contributed by atoms with Crippen LogP contribution in [0.3, 0.4) is 0 Å². The molecule has 1 heterocycles. The summed E-state index contributed by atoms with van der Waals surface area (Å²) in [4.78, 5) is 103. The molecule has 1 aliphatic rings. The van der Waals surface area contributed by atoms with E-state index in [0.29, 0.717) is 12.8 Å². The molecule has 18 nitrogen and oxygen atoms in total. The minimum atomic E-state index is -1.56. The van der Waals surface area contributed by atoms with Crippen molar-refractivity contribution in [1.29, 1.82) is 0 Å². The summed E-state index contributed by atoms with van der Waals surface area (Å²) < 4.78 is 46.5. The maximum Gasteiger partial charge on any atom is 0.303 e. The lowest BCUT2D eigenvalue weighted by Gasteiger charge is -2.45. The Morgan fingerprint density at radius 2 is 0.886 bits per heavy atom. The van der Waals surface area contributed by atoms with E-state index in [9.17, 15) is 38.4 Å². The SMILES string of the molecule is CCCCCCCCCCCCCCCCCCCCC(OC(C)=O)C(=O)NC(CO[C@@H]1O[C@H](COC(C)=O)[C@@H](OC(C)=O)[C@H](OC(C)=O)[C@H]1NC(C)=O)C(OC(C)=O)C(CCCCCCCCCCCCC(C)C)OC(C)=O. The zero-order chi connectivity index (χ0) is 58.8. The molecule has 0 spiro atoms. The Kier molecular flexibility index (Phi) is 41.7. The van der Waals surface area contributed by atoms with E-state index in [-0.39, 0.29) is 12.8 Å². The first-order chi connectivity index (χ1) is 37.7. The van der Waals surface area contributed by atoms with Crippen molar-refractivity contribution in [3.8, 4) is 0 Å². The van der Waals surface area contributed by atoms with Crippen molar-refractivity contribution in [1.82, 2.24) is 10.6 Å². The van der Waals surface area contributed by atoms with E-state index in [1.54, 1.807) is 0 Å². The molecule has 0 aliphatic carbocycles. The zero-order valence-electron chi connectivity index (χ0n) is 50.6. The summed E-state index contributed by atoms with van der Waals surface area (Å²) in [6.45, 7) is 13.9. The molecule has 2 N–H and O–H groups in total. The number of esters is 6. The number of carbonyl (C=O) groups excluding carboxylic acids is 8. The fourth-order valence-corrected chi connectivity index (χ4v) is 10.2. The van der Waals surface area contributed by atoms with Crippen LogP contribution >= 0.6 is 0 Å². The lowest BCUT2D eigenvalue weighted by Crippen LogP contribution is -2.67. The van der Waals surface area contributed by atoms with E-state index in [2.05, 4.69) is 31.4 Å². The van der Waals surface area contributed by atoms with Gasteiger partial charge >= 0.3 is 35.8 Å². The molecule has 18 heteroatoms. The molecule has 9 atom stereocenters. The Bertz CT molecular complexity index is 1710. The fourth-order valence-electron chi connectivity index (χ4n) is 10.2. The second-order valence-corrected chi connectivity index (χ2v) is 22.3. The molecule has 0 bridgehead atoms. The van der Waals surface area contributed by atoms with Gasteiger partial charge in [-0.25, -0.2) is 0 Å². The van der Waals surface area contributed by atoms with E-state index in [1.165, 1.54) is 143 Å². The maximum atomic E-state index is 14.5. The first-order valence-electron chi connectivity index (χ1n) is 30.6. The maximum absolute atomic E-state index is 14.5. The van der Waals surface area contributed by atoms with Crippen molar-refractivity contribution in [2.45, 2.75) is 323 Å². The molecule has 2 amide bonds. The minimum Gasteiger partial charge on any atom is -0.463 e. The molecule has 1 fully saturated rings. The van der Waals surface area contributed by atoms with E-state index < -0.39 is 116 Å². The van der Waals surface area contributed by atoms with Crippen LogP contribution in [-0.2, 0) is 76.3 Å². The largest absolute Gasteiger partial charge is 0.463 e. The van der Waals surface area contributed by atoms with Gasteiger partial charge in [-0.1, -0.05) is 194 Å². The first kappa shape index (κ1) is 72.7. The molecule has 0 aromatic carbocycles. The highest BCUT2D eigenvalue weighted by Gasteiger charge is 2.52. The topological polar surface area (TPSA) is 234 Å². The van der Waals surface area contributed by atoms with Crippen LogP contribution in [-0.4, -0.2) is 116 Å². The van der Waals surface area contributed by atoms with Crippen LogP contribution in [0, 0.1) is 5.92 Å². The number of rotatable bonds is 47. The molecule has 0 saturated carbocycles. The van der Waals surface area contributed by atoms with Crippen molar-refractivity contribution >= 4 is 47.6 Å². The van der Waals surface area contributed by atoms with Gasteiger partial charge in [0.2, 0.25) is 5.91 Å². The van der Waals surface area contributed by atoms with Crippen molar-refractivity contribution in [3.63, 3.8) is 0 Å². The van der Waals surface area contributed by atoms with Crippen molar-refractivity contribution in [2.75, 3.05) is 13.2 Å². The Balaban J connectivity index is 3.37. The first-order valence-corrected chi connectivity index (χ1v) is 30.6. The highest BCUT2D eigenvalue weighted by Crippen LogP contribution is 2.29. The number of ether oxygens (including phenoxy) is 8. The Hall–Kier alpha value is -4.32. The van der Waals surface area contributed by atoms with E-state index in [1.807, 2.05) is 0 Å². The quantitative estimate of drug-likeness (QED) is 0.0327. The summed E-state index contributed by atoms with van der Waals surface area (Å²) in [6, 6.07) is -2.69. The third kappa shape index (κ3) is 37.3. The molecule has 0 aromatic heterocycles. The number of hydrogen-bond acceptors (Lipinski definition) is 16. The van der Waals surface area contributed by atoms with Crippen molar-refractivity contribution in [2.24, 2.45) is 5.92 Å². The normalized spacial score (nSPS) is 18.6. The third-order valence-corrected chi connectivity index (χ3v) is 14.2. The van der Waals surface area contributed by atoms with E-state index in [0.717, 1.165) is 84.5 Å². The summed E-state index contributed by atoms with van der Waals surface area (Å²) in [6.07, 6.45) is 24.3. The summed E-state index contributed by atoms with van der Waals surface area (Å²) in [5.41, 5.74) is 0. The molecule has 1 saturated heterocycles. The molecule has 0 aromatic rings. The fraction of sp³-hybridized carbons (Fsp3) is 0.869. The average molecular weight is 1130 g/mol. The molecule has 79 heavy (non-hydrogen) atoms. The summed E-state index contributed by atoms with van der Waals surface area (Å²) in [5.74, 6) is -5.02. The van der Waals surface area contributed by atoms with Crippen LogP contribution in [0.25, 0.3) is 0 Å². The van der Waals surface area contributed by atoms with Gasteiger partial charge in [0.15, 0.2) is 30.7 Å². The molecule has 458 valence electrons. The van der Waals surface area contributed by atoms with Crippen LogP contribution < -0.4 is 10.6 Å². The summed E-state index contributed by atoms with van der Waals surface area (Å²) >= 11 is 0. The standard InChI is InChI=1S/C61H108N2O16/c1-11-12-13-14-15-16-17-18-19-20-21-22-23-24-29-32-35-38-41-54(75-48(7)67)60(71)63-52(57(76-49(8)68)53(74-47(6)66)40-37-34-31-28-26-25-27-30-33-36-39-44(2)3)42-73-61-56(62-45(4)64)59(78-51(10)70)58(77-50(9)69)55(79-61)43-72-46(5)65/h44,52-59,61H,11-43H2,1-10H3,(H,62,64)(H,63,71)/t52?,53?,54?,55-,56-,57?,58-,59-,61-/m1/s1. The number of carbonyl (C=O) groups is 8. The second kappa shape index (κ2) is 45.3. The van der Waals surface area contributed by atoms with E-state index >= 15 is 0 Å². The highest BCUT2D eigenvalue weighted by molar-refractivity contribution is 5.83. The van der Waals surface area contributed by atoms with Gasteiger partial charge in [-0.2, -0.15) is 0 Å². The predicted octanol–water partition coefficient (Wildman–Crippen LogP) is 11.7. The number of amides is 2. The lowest BCUT2D eigenvalue weighted by molar-refractivity contribution is -0.280. The van der Waals surface area contributed by atoms with Gasteiger partial charge in [0, 0.05) is 48.5 Å². The Labute approximate surface area is 475 Å². The molecular formula is C61H108N2O16. The molecule has 0 radical (unpaired) electrons. The van der Waals surface area contributed by atoms with Crippen LogP contribution in [0.15, 0.2) is 0 Å². The van der Waals surface area contributed by atoms with Gasteiger partial charge < -0.3 is 48.5 Å². The van der Waals surface area contributed by atoms with Crippen LogP contribution in [0.5, 0.6) is 0 Å².